The van der Waals surface area contributed by atoms with Crippen molar-refractivity contribution in [1.29, 1.82) is 0 Å². The highest BCUT2D eigenvalue weighted by Crippen LogP contribution is 2.31. The van der Waals surface area contributed by atoms with E-state index in [0.717, 1.165) is 56.5 Å². The van der Waals surface area contributed by atoms with Crippen LogP contribution in [0.3, 0.4) is 0 Å². The monoisotopic (exact) mass is 572 g/mol. The van der Waals surface area contributed by atoms with Crippen molar-refractivity contribution < 1.29 is 9.47 Å². The molecule has 0 aliphatic rings. The van der Waals surface area contributed by atoms with Gasteiger partial charge < -0.3 is 9.47 Å². The summed E-state index contributed by atoms with van der Waals surface area (Å²) in [6, 6.07) is 30.1. The van der Waals surface area contributed by atoms with Gasteiger partial charge in [0.25, 0.3) is 0 Å². The average Bonchev–Trinajstić information content (AvgIpc) is 3.07. The smallest absolute Gasteiger partial charge is 0.0646 e. The summed E-state index contributed by atoms with van der Waals surface area (Å²) in [6.07, 6.45) is 13.3. The molecule has 0 saturated carbocycles. The zero-order chi connectivity index (χ0) is 30.8. The fourth-order valence-electron chi connectivity index (χ4n) is 4.44. The van der Waals surface area contributed by atoms with Crippen LogP contribution in [0.4, 0.5) is 0 Å². The van der Waals surface area contributed by atoms with E-state index in [4.69, 9.17) is 9.47 Å². The Morgan fingerprint density at radius 3 is 1.07 bits per heavy atom. The van der Waals surface area contributed by atoms with Crippen molar-refractivity contribution in [2.75, 3.05) is 27.4 Å². The number of ether oxygens (including phenoxy) is 2. The van der Waals surface area contributed by atoms with E-state index in [9.17, 15) is 0 Å². The van der Waals surface area contributed by atoms with Crippen molar-refractivity contribution in [2.24, 2.45) is 0 Å². The molecule has 0 atom stereocenters. The van der Waals surface area contributed by atoms with Crippen LogP contribution >= 0.6 is 0 Å². The second-order valence-corrected chi connectivity index (χ2v) is 9.74. The van der Waals surface area contributed by atoms with E-state index in [1.807, 2.05) is 103 Å². The first-order chi connectivity index (χ1) is 21.7. The van der Waals surface area contributed by atoms with Gasteiger partial charge in [0.15, 0.2) is 0 Å². The van der Waals surface area contributed by atoms with Crippen LogP contribution in [0.2, 0.25) is 0 Å². The molecular formula is C42H36O2. The fraction of sp³-hybridized carbons (Fsp3) is 0.143. The largest absolute Gasteiger partial charge is 0.381 e. The van der Waals surface area contributed by atoms with E-state index in [0.29, 0.717) is 13.2 Å². The molecule has 2 heteroatoms. The number of hydrogen-bond donors (Lipinski definition) is 0. The summed E-state index contributed by atoms with van der Waals surface area (Å²) < 4.78 is 10.8. The molecule has 0 aromatic heterocycles. The Labute approximate surface area is 262 Å². The normalized spacial score (nSPS) is 10.7. The van der Waals surface area contributed by atoms with Crippen LogP contribution in [-0.2, 0) is 9.47 Å². The SMILES string of the molecule is CC/C=C/c1c(C#Cc2ccccc2)c(/C=C/COC)c(C#Cc2ccccc2)c(/C=C/COC)c1C#Cc1ccccc1. The molecule has 0 N–H and O–H groups in total. The molecule has 2 nitrogen and oxygen atoms in total. The predicted molar refractivity (Wildman–Crippen MR) is 185 cm³/mol. The van der Waals surface area contributed by atoms with Gasteiger partial charge in [-0.3, -0.25) is 0 Å². The topological polar surface area (TPSA) is 18.5 Å². The highest BCUT2D eigenvalue weighted by atomic mass is 16.5. The number of methoxy groups -OCH3 is 2. The van der Waals surface area contributed by atoms with E-state index in [2.05, 4.69) is 66.8 Å². The molecule has 44 heavy (non-hydrogen) atoms. The third kappa shape index (κ3) is 9.10. The number of rotatable bonds is 8. The molecule has 0 fully saturated rings. The molecule has 0 radical (unpaired) electrons. The minimum Gasteiger partial charge on any atom is -0.381 e. The molecule has 0 saturated heterocycles. The van der Waals surface area contributed by atoms with Gasteiger partial charge in [0.05, 0.1) is 13.2 Å². The molecule has 4 rings (SSSR count). The third-order valence-electron chi connectivity index (χ3n) is 6.55. The van der Waals surface area contributed by atoms with Crippen LogP contribution in [0.25, 0.3) is 18.2 Å². The lowest BCUT2D eigenvalue weighted by atomic mass is 9.85. The molecule has 0 amide bonds. The zero-order valence-corrected chi connectivity index (χ0v) is 25.6. The van der Waals surface area contributed by atoms with Gasteiger partial charge in [0, 0.05) is 64.3 Å². The molecular weight excluding hydrogens is 536 g/mol. The first kappa shape index (κ1) is 31.6. The van der Waals surface area contributed by atoms with E-state index in [1.165, 1.54) is 0 Å². The lowest BCUT2D eigenvalue weighted by Crippen LogP contribution is -2.03. The standard InChI is InChI=1S/C42H36O2/c1-4-5-23-37-40(29-26-34-17-9-6-10-18-34)38(24-15-32-43-2)42(31-28-36-21-13-8-14-22-36)39(25-16-33-44-3)41(37)30-27-35-19-11-7-12-20-35/h5-25H,4,32-33H2,1-3H3/b23-5+,24-15+,25-16+. The van der Waals surface area contributed by atoms with Crippen LogP contribution < -0.4 is 0 Å². The highest BCUT2D eigenvalue weighted by Gasteiger charge is 2.18. The van der Waals surface area contributed by atoms with Crippen LogP contribution in [-0.4, -0.2) is 27.4 Å². The van der Waals surface area contributed by atoms with E-state index < -0.39 is 0 Å². The quantitative estimate of drug-likeness (QED) is 0.197. The van der Waals surface area contributed by atoms with Crippen molar-refractivity contribution in [3.05, 3.63) is 159 Å². The second kappa shape index (κ2) is 17.6. The third-order valence-corrected chi connectivity index (χ3v) is 6.55. The van der Waals surface area contributed by atoms with Crippen molar-refractivity contribution >= 4 is 18.2 Å². The van der Waals surface area contributed by atoms with Gasteiger partial charge in [0.2, 0.25) is 0 Å². The Morgan fingerprint density at radius 1 is 0.455 bits per heavy atom. The Bertz CT molecular complexity index is 1690. The van der Waals surface area contributed by atoms with Gasteiger partial charge in [-0.05, 0) is 42.8 Å². The van der Waals surface area contributed by atoms with Crippen molar-refractivity contribution in [3.8, 4) is 35.5 Å². The minimum absolute atomic E-state index is 0.460. The molecule has 0 aliphatic heterocycles. The first-order valence-corrected chi connectivity index (χ1v) is 14.7. The van der Waals surface area contributed by atoms with Crippen molar-refractivity contribution in [1.82, 2.24) is 0 Å². The summed E-state index contributed by atoms with van der Waals surface area (Å²) in [4.78, 5) is 0. The maximum atomic E-state index is 5.39. The number of allylic oxidation sites excluding steroid dienone is 1. The average molecular weight is 573 g/mol. The van der Waals surface area contributed by atoms with Gasteiger partial charge in [-0.25, -0.2) is 0 Å². The van der Waals surface area contributed by atoms with Gasteiger partial charge in [0.1, 0.15) is 0 Å². The van der Waals surface area contributed by atoms with Gasteiger partial charge in [-0.15, -0.1) is 0 Å². The summed E-state index contributed by atoms with van der Waals surface area (Å²) in [5, 5.41) is 0. The highest BCUT2D eigenvalue weighted by molar-refractivity contribution is 5.85. The summed E-state index contributed by atoms with van der Waals surface area (Å²) in [5.74, 6) is 20.8. The van der Waals surface area contributed by atoms with Crippen LogP contribution in [0.5, 0.6) is 0 Å². The molecule has 216 valence electrons. The Hall–Kier alpha value is -5.30. The van der Waals surface area contributed by atoms with E-state index >= 15 is 0 Å². The Morgan fingerprint density at radius 2 is 0.773 bits per heavy atom. The number of benzene rings is 4. The molecule has 0 bridgehead atoms. The molecule has 0 heterocycles. The van der Waals surface area contributed by atoms with Gasteiger partial charge in [-0.1, -0.05) is 133 Å². The lowest BCUT2D eigenvalue weighted by molar-refractivity contribution is 0.234. The molecule has 4 aromatic rings. The Kier molecular flexibility index (Phi) is 12.7. The van der Waals surface area contributed by atoms with Crippen molar-refractivity contribution in [3.63, 3.8) is 0 Å². The van der Waals surface area contributed by atoms with Crippen LogP contribution in [0, 0.1) is 35.5 Å². The van der Waals surface area contributed by atoms with Gasteiger partial charge in [-0.2, -0.15) is 0 Å². The molecule has 0 aliphatic carbocycles. The maximum Gasteiger partial charge on any atom is 0.0646 e. The predicted octanol–water partition coefficient (Wildman–Crippen LogP) is 8.63. The van der Waals surface area contributed by atoms with Crippen molar-refractivity contribution in [2.45, 2.75) is 13.3 Å². The van der Waals surface area contributed by atoms with E-state index in [-0.39, 0.29) is 0 Å². The minimum atomic E-state index is 0.460. The Balaban J connectivity index is 2.17. The fourth-order valence-corrected chi connectivity index (χ4v) is 4.44. The summed E-state index contributed by atoms with van der Waals surface area (Å²) in [7, 11) is 3.38. The number of hydrogen-bond acceptors (Lipinski definition) is 2. The lowest BCUT2D eigenvalue weighted by Gasteiger charge is -2.16. The summed E-state index contributed by atoms with van der Waals surface area (Å²) in [6.45, 7) is 3.04. The maximum absolute atomic E-state index is 5.39. The first-order valence-electron chi connectivity index (χ1n) is 14.7. The zero-order valence-electron chi connectivity index (χ0n) is 25.6. The molecule has 0 unspecified atom stereocenters. The van der Waals surface area contributed by atoms with E-state index in [1.54, 1.807) is 14.2 Å². The van der Waals surface area contributed by atoms with Crippen LogP contribution in [0.15, 0.2) is 109 Å². The summed E-state index contributed by atoms with van der Waals surface area (Å²) >= 11 is 0. The molecule has 0 spiro atoms. The molecule has 4 aromatic carbocycles. The summed E-state index contributed by atoms with van der Waals surface area (Å²) in [5.41, 5.74) is 8.17. The van der Waals surface area contributed by atoms with Crippen LogP contribution in [0.1, 0.15) is 63.4 Å². The second-order valence-electron chi connectivity index (χ2n) is 9.74. The van der Waals surface area contributed by atoms with Gasteiger partial charge >= 0.3 is 0 Å².